The Morgan fingerprint density at radius 2 is 1.95 bits per heavy atom. The van der Waals surface area contributed by atoms with E-state index in [-0.39, 0.29) is 11.8 Å². The van der Waals surface area contributed by atoms with E-state index >= 15 is 0 Å². The van der Waals surface area contributed by atoms with Crippen molar-refractivity contribution in [2.24, 2.45) is 0 Å². The summed E-state index contributed by atoms with van der Waals surface area (Å²) in [4.78, 5) is 13.4. The Hall–Kier alpha value is -2.20. The van der Waals surface area contributed by atoms with Crippen LogP contribution in [0.4, 0.5) is 16.2 Å². The van der Waals surface area contributed by atoms with Gasteiger partial charge in [0.2, 0.25) is 0 Å². The maximum Gasteiger partial charge on any atom is 0.326 e. The van der Waals surface area contributed by atoms with Crippen LogP contribution in [-0.4, -0.2) is 18.2 Å². The number of carbonyl (C=O) groups excluding carboxylic acids is 1. The molecule has 0 aliphatic carbocycles. The predicted octanol–water partition coefficient (Wildman–Crippen LogP) is 3.71. The molecule has 2 N–H and O–H groups in total. The summed E-state index contributed by atoms with van der Waals surface area (Å²) >= 11 is 5.97. The Balaban J connectivity index is 2.14. The molecule has 0 spiro atoms. The molecule has 0 saturated carbocycles. The lowest BCUT2D eigenvalue weighted by Crippen LogP contribution is -2.31. The normalized spacial score (nSPS) is 10.0. The van der Waals surface area contributed by atoms with Crippen molar-refractivity contribution >= 4 is 29.0 Å². The van der Waals surface area contributed by atoms with Crippen LogP contribution in [-0.2, 0) is 0 Å². The van der Waals surface area contributed by atoms with Crippen molar-refractivity contribution in [3.8, 4) is 5.75 Å². The molecule has 4 nitrogen and oxygen atoms in total. The second-order valence-electron chi connectivity index (χ2n) is 3.99. The second-order valence-corrected chi connectivity index (χ2v) is 4.40. The smallest absolute Gasteiger partial charge is 0.326 e. The lowest BCUT2D eigenvalue weighted by molar-refractivity contribution is 0.258. The minimum Gasteiger partial charge on any atom is -0.508 e. The first-order valence-corrected chi connectivity index (χ1v) is 6.04. The number of para-hydroxylation sites is 1. The Bertz CT molecular complexity index is 602. The first kappa shape index (κ1) is 13.2. The first-order chi connectivity index (χ1) is 9.08. The van der Waals surface area contributed by atoms with Crippen LogP contribution >= 0.6 is 11.6 Å². The monoisotopic (exact) mass is 276 g/mol. The zero-order valence-corrected chi connectivity index (χ0v) is 11.1. The van der Waals surface area contributed by atoms with E-state index in [4.69, 9.17) is 11.6 Å². The molecule has 2 amide bonds. The average Bonchev–Trinajstić information content (AvgIpc) is 2.40. The molecule has 0 aliphatic heterocycles. The van der Waals surface area contributed by atoms with Crippen molar-refractivity contribution in [3.05, 3.63) is 53.6 Å². The molecule has 98 valence electrons. The van der Waals surface area contributed by atoms with E-state index < -0.39 is 0 Å². The van der Waals surface area contributed by atoms with Crippen molar-refractivity contribution in [1.29, 1.82) is 0 Å². The number of benzene rings is 2. The van der Waals surface area contributed by atoms with Gasteiger partial charge in [-0.15, -0.1) is 0 Å². The molecule has 0 fully saturated rings. The molecule has 19 heavy (non-hydrogen) atoms. The van der Waals surface area contributed by atoms with E-state index in [0.29, 0.717) is 16.4 Å². The number of hydrogen-bond donors (Lipinski definition) is 2. The average molecular weight is 277 g/mol. The molecule has 2 aromatic carbocycles. The summed E-state index contributed by atoms with van der Waals surface area (Å²) in [5, 5.41) is 12.6. The van der Waals surface area contributed by atoms with E-state index in [9.17, 15) is 9.90 Å². The van der Waals surface area contributed by atoms with E-state index in [2.05, 4.69) is 5.32 Å². The minimum absolute atomic E-state index is 0.106. The minimum atomic E-state index is -0.335. The Morgan fingerprint density at radius 3 is 2.63 bits per heavy atom. The van der Waals surface area contributed by atoms with E-state index in [1.807, 2.05) is 0 Å². The summed E-state index contributed by atoms with van der Waals surface area (Å²) < 4.78 is 0. The van der Waals surface area contributed by atoms with Gasteiger partial charge in [-0.25, -0.2) is 4.79 Å². The van der Waals surface area contributed by atoms with Crippen LogP contribution in [0.3, 0.4) is 0 Å². The van der Waals surface area contributed by atoms with Gasteiger partial charge in [-0.2, -0.15) is 0 Å². The number of nitrogens with zero attached hydrogens (tertiary/aromatic N) is 1. The Kier molecular flexibility index (Phi) is 3.92. The zero-order valence-electron chi connectivity index (χ0n) is 10.3. The number of anilines is 2. The van der Waals surface area contributed by atoms with Crippen LogP contribution in [0, 0.1) is 0 Å². The number of phenolic OH excluding ortho intramolecular Hbond substituents is 1. The van der Waals surface area contributed by atoms with Crippen LogP contribution in [0.2, 0.25) is 5.02 Å². The number of carbonyl (C=O) groups is 1. The van der Waals surface area contributed by atoms with Gasteiger partial charge in [0.25, 0.3) is 0 Å². The van der Waals surface area contributed by atoms with Gasteiger partial charge in [0.05, 0.1) is 10.7 Å². The summed E-state index contributed by atoms with van der Waals surface area (Å²) in [6, 6.07) is 13.1. The number of urea groups is 1. The van der Waals surface area contributed by atoms with E-state index in [0.717, 1.165) is 0 Å². The van der Waals surface area contributed by atoms with Crippen LogP contribution in [0.5, 0.6) is 5.75 Å². The fourth-order valence-electron chi connectivity index (χ4n) is 1.58. The number of aromatic hydroxyl groups is 1. The van der Waals surface area contributed by atoms with Crippen LogP contribution in [0.15, 0.2) is 48.5 Å². The zero-order chi connectivity index (χ0) is 13.8. The molecule has 2 aromatic rings. The summed E-state index contributed by atoms with van der Waals surface area (Å²) in [6.07, 6.45) is 0. The number of hydrogen-bond acceptors (Lipinski definition) is 2. The maximum absolute atomic E-state index is 12.1. The topological polar surface area (TPSA) is 52.6 Å². The molecule has 0 saturated heterocycles. The SMILES string of the molecule is CN(C(=O)Nc1ccccc1Cl)c1cccc(O)c1. The van der Waals surface area contributed by atoms with Crippen molar-refractivity contribution in [1.82, 2.24) is 0 Å². The Labute approximate surface area is 116 Å². The first-order valence-electron chi connectivity index (χ1n) is 5.66. The van der Waals surface area contributed by atoms with Gasteiger partial charge in [-0.1, -0.05) is 29.8 Å². The highest BCUT2D eigenvalue weighted by molar-refractivity contribution is 6.33. The highest BCUT2D eigenvalue weighted by atomic mass is 35.5. The van der Waals surface area contributed by atoms with Gasteiger partial charge in [-0.3, -0.25) is 4.90 Å². The molecule has 5 heteroatoms. The largest absolute Gasteiger partial charge is 0.508 e. The molecule has 2 rings (SSSR count). The van der Waals surface area contributed by atoms with E-state index in [1.54, 1.807) is 49.5 Å². The summed E-state index contributed by atoms with van der Waals surface area (Å²) in [6.45, 7) is 0. The highest BCUT2D eigenvalue weighted by Crippen LogP contribution is 2.23. The highest BCUT2D eigenvalue weighted by Gasteiger charge is 2.12. The third kappa shape index (κ3) is 3.17. The van der Waals surface area contributed by atoms with Crippen LogP contribution < -0.4 is 10.2 Å². The molecule has 0 aliphatic rings. The quantitative estimate of drug-likeness (QED) is 0.878. The molecule has 0 unspecified atom stereocenters. The van der Waals surface area contributed by atoms with Gasteiger partial charge in [-0.05, 0) is 24.3 Å². The maximum atomic E-state index is 12.1. The molecular weight excluding hydrogens is 264 g/mol. The summed E-state index contributed by atoms with van der Waals surface area (Å²) in [5.41, 5.74) is 1.13. The Morgan fingerprint density at radius 1 is 1.21 bits per heavy atom. The summed E-state index contributed by atoms with van der Waals surface area (Å²) in [7, 11) is 1.61. The van der Waals surface area contributed by atoms with Crippen LogP contribution in [0.25, 0.3) is 0 Å². The number of rotatable bonds is 2. The lowest BCUT2D eigenvalue weighted by atomic mass is 10.3. The standard InChI is InChI=1S/C14H13ClN2O2/c1-17(10-5-4-6-11(18)9-10)14(19)16-13-8-3-2-7-12(13)15/h2-9,18H,1H3,(H,16,19). The predicted molar refractivity (Wildman–Crippen MR) is 77.0 cm³/mol. The molecule has 0 radical (unpaired) electrons. The molecular formula is C14H13ClN2O2. The number of halogens is 1. The van der Waals surface area contributed by atoms with Gasteiger partial charge in [0, 0.05) is 18.8 Å². The molecule has 0 aromatic heterocycles. The van der Waals surface area contributed by atoms with Crippen molar-refractivity contribution in [3.63, 3.8) is 0 Å². The van der Waals surface area contributed by atoms with Crippen molar-refractivity contribution < 1.29 is 9.90 Å². The van der Waals surface area contributed by atoms with Gasteiger partial charge in [0.15, 0.2) is 0 Å². The number of amides is 2. The van der Waals surface area contributed by atoms with Crippen LogP contribution in [0.1, 0.15) is 0 Å². The second kappa shape index (κ2) is 5.63. The molecule has 0 bridgehead atoms. The lowest BCUT2D eigenvalue weighted by Gasteiger charge is -2.18. The molecule has 0 atom stereocenters. The third-order valence-corrected chi connectivity index (χ3v) is 2.97. The van der Waals surface area contributed by atoms with Gasteiger partial charge in [0.1, 0.15) is 5.75 Å². The van der Waals surface area contributed by atoms with E-state index in [1.165, 1.54) is 11.0 Å². The fourth-order valence-corrected chi connectivity index (χ4v) is 1.76. The van der Waals surface area contributed by atoms with Crippen molar-refractivity contribution in [2.75, 3.05) is 17.3 Å². The number of nitrogens with one attached hydrogen (secondary N) is 1. The van der Waals surface area contributed by atoms with Gasteiger partial charge < -0.3 is 10.4 Å². The van der Waals surface area contributed by atoms with Crippen molar-refractivity contribution in [2.45, 2.75) is 0 Å². The fraction of sp³-hybridized carbons (Fsp3) is 0.0714. The summed E-state index contributed by atoms with van der Waals surface area (Å²) in [5.74, 6) is 0.106. The number of phenols is 1. The molecule has 0 heterocycles. The van der Waals surface area contributed by atoms with Gasteiger partial charge >= 0.3 is 6.03 Å². The third-order valence-electron chi connectivity index (χ3n) is 2.64.